The third-order valence-electron chi connectivity index (χ3n) is 4.04. The Kier molecular flexibility index (Phi) is 5.48. The quantitative estimate of drug-likeness (QED) is 0.839. The molecule has 1 unspecified atom stereocenters. The van der Waals surface area contributed by atoms with Gasteiger partial charge in [-0.15, -0.1) is 0 Å². The van der Waals surface area contributed by atoms with Crippen molar-refractivity contribution in [1.82, 2.24) is 0 Å². The van der Waals surface area contributed by atoms with Crippen LogP contribution in [0.5, 0.6) is 5.75 Å². The standard InChI is InChI=1S/C17H28N2O2/c1-17(2)10-9-14(21-17)13-19(12-6-11-18)15-7-4-5-8-16(15)20-3/h4-5,7-8,14H,6,9-13,18H2,1-3H3. The molecular formula is C17H28N2O2. The van der Waals surface area contributed by atoms with Gasteiger partial charge < -0.3 is 20.1 Å². The third kappa shape index (κ3) is 4.35. The van der Waals surface area contributed by atoms with E-state index < -0.39 is 0 Å². The fourth-order valence-corrected chi connectivity index (χ4v) is 2.94. The molecule has 1 fully saturated rings. The number of nitrogens with two attached hydrogens (primary N) is 1. The average molecular weight is 292 g/mol. The highest BCUT2D eigenvalue weighted by Gasteiger charge is 2.32. The second kappa shape index (κ2) is 7.14. The summed E-state index contributed by atoms with van der Waals surface area (Å²) >= 11 is 0. The van der Waals surface area contributed by atoms with Crippen molar-refractivity contribution in [2.75, 3.05) is 31.6 Å². The first-order chi connectivity index (χ1) is 10.1. The summed E-state index contributed by atoms with van der Waals surface area (Å²) in [6.45, 7) is 6.85. The van der Waals surface area contributed by atoms with Crippen molar-refractivity contribution in [2.24, 2.45) is 5.73 Å². The molecule has 4 heteroatoms. The first-order valence-electron chi connectivity index (χ1n) is 7.81. The Labute approximate surface area is 128 Å². The maximum Gasteiger partial charge on any atom is 0.142 e. The zero-order chi connectivity index (χ0) is 15.3. The van der Waals surface area contributed by atoms with E-state index in [0.717, 1.165) is 43.8 Å². The van der Waals surface area contributed by atoms with Crippen LogP contribution >= 0.6 is 0 Å². The summed E-state index contributed by atoms with van der Waals surface area (Å²) in [5.41, 5.74) is 6.82. The van der Waals surface area contributed by atoms with Crippen molar-refractivity contribution in [3.05, 3.63) is 24.3 Å². The van der Waals surface area contributed by atoms with Gasteiger partial charge in [-0.3, -0.25) is 0 Å². The maximum absolute atomic E-state index is 6.14. The Bertz CT molecular complexity index is 448. The van der Waals surface area contributed by atoms with Gasteiger partial charge in [-0.2, -0.15) is 0 Å². The van der Waals surface area contributed by atoms with Gasteiger partial charge in [-0.1, -0.05) is 12.1 Å². The minimum Gasteiger partial charge on any atom is -0.495 e. The van der Waals surface area contributed by atoms with Crippen molar-refractivity contribution in [3.63, 3.8) is 0 Å². The van der Waals surface area contributed by atoms with Crippen LogP contribution in [0.2, 0.25) is 0 Å². The molecule has 2 N–H and O–H groups in total. The van der Waals surface area contributed by atoms with E-state index in [9.17, 15) is 0 Å². The molecule has 21 heavy (non-hydrogen) atoms. The minimum atomic E-state index is 0.00494. The molecule has 1 atom stereocenters. The fraction of sp³-hybridized carbons (Fsp3) is 0.647. The molecule has 1 saturated heterocycles. The summed E-state index contributed by atoms with van der Waals surface area (Å²) in [7, 11) is 1.72. The zero-order valence-corrected chi connectivity index (χ0v) is 13.5. The van der Waals surface area contributed by atoms with Gasteiger partial charge in [0.15, 0.2) is 0 Å². The number of para-hydroxylation sites is 2. The predicted octanol–water partition coefficient (Wildman–Crippen LogP) is 2.81. The van der Waals surface area contributed by atoms with Crippen molar-refractivity contribution in [2.45, 2.75) is 44.8 Å². The monoisotopic (exact) mass is 292 g/mol. The number of rotatable bonds is 7. The highest BCUT2D eigenvalue weighted by Crippen LogP contribution is 2.33. The van der Waals surface area contributed by atoms with Crippen LogP contribution in [-0.4, -0.2) is 38.4 Å². The van der Waals surface area contributed by atoms with Crippen LogP contribution in [0.15, 0.2) is 24.3 Å². The average Bonchev–Trinajstić information content (AvgIpc) is 2.82. The molecule has 0 saturated carbocycles. The molecule has 1 aliphatic rings. The lowest BCUT2D eigenvalue weighted by Crippen LogP contribution is -2.35. The second-order valence-corrected chi connectivity index (χ2v) is 6.30. The van der Waals surface area contributed by atoms with Crippen molar-refractivity contribution >= 4 is 5.69 Å². The van der Waals surface area contributed by atoms with E-state index in [1.165, 1.54) is 0 Å². The number of methoxy groups -OCH3 is 1. The minimum absolute atomic E-state index is 0.00494. The normalized spacial score (nSPS) is 20.5. The van der Waals surface area contributed by atoms with E-state index in [2.05, 4.69) is 24.8 Å². The van der Waals surface area contributed by atoms with Crippen LogP contribution in [0.25, 0.3) is 0 Å². The van der Waals surface area contributed by atoms with Crippen LogP contribution < -0.4 is 15.4 Å². The molecule has 0 aliphatic carbocycles. The van der Waals surface area contributed by atoms with Gasteiger partial charge in [0.2, 0.25) is 0 Å². The molecule has 4 nitrogen and oxygen atoms in total. The Morgan fingerprint density at radius 2 is 2.14 bits per heavy atom. The van der Waals surface area contributed by atoms with Gasteiger partial charge in [0, 0.05) is 13.1 Å². The maximum atomic E-state index is 6.14. The summed E-state index contributed by atoms with van der Waals surface area (Å²) < 4.78 is 11.6. The Balaban J connectivity index is 2.11. The van der Waals surface area contributed by atoms with Crippen molar-refractivity contribution in [1.29, 1.82) is 0 Å². The molecular weight excluding hydrogens is 264 g/mol. The first kappa shape index (κ1) is 16.1. The lowest BCUT2D eigenvalue weighted by atomic mass is 10.1. The highest BCUT2D eigenvalue weighted by atomic mass is 16.5. The van der Waals surface area contributed by atoms with Crippen LogP contribution in [0.3, 0.4) is 0 Å². The van der Waals surface area contributed by atoms with Crippen molar-refractivity contribution in [3.8, 4) is 5.75 Å². The molecule has 1 aromatic rings. The highest BCUT2D eigenvalue weighted by molar-refractivity contribution is 5.58. The molecule has 118 valence electrons. The van der Waals surface area contributed by atoms with Gasteiger partial charge >= 0.3 is 0 Å². The van der Waals surface area contributed by atoms with Gasteiger partial charge in [0.05, 0.1) is 24.5 Å². The summed E-state index contributed by atoms with van der Waals surface area (Å²) in [5.74, 6) is 0.909. The molecule has 0 bridgehead atoms. The number of ether oxygens (including phenoxy) is 2. The van der Waals surface area contributed by atoms with E-state index in [4.69, 9.17) is 15.2 Å². The summed E-state index contributed by atoms with van der Waals surface area (Å²) in [5, 5.41) is 0. The Morgan fingerprint density at radius 1 is 1.38 bits per heavy atom. The largest absolute Gasteiger partial charge is 0.495 e. The SMILES string of the molecule is COc1ccccc1N(CCCN)CC1CCC(C)(C)O1. The molecule has 2 rings (SSSR count). The zero-order valence-electron chi connectivity index (χ0n) is 13.5. The number of hydrogen-bond donors (Lipinski definition) is 1. The van der Waals surface area contributed by atoms with E-state index >= 15 is 0 Å². The predicted molar refractivity (Wildman–Crippen MR) is 87.1 cm³/mol. The summed E-state index contributed by atoms with van der Waals surface area (Å²) in [6.07, 6.45) is 3.48. The molecule has 0 aromatic heterocycles. The molecule has 0 spiro atoms. The smallest absolute Gasteiger partial charge is 0.142 e. The molecule has 1 heterocycles. The number of hydrogen-bond acceptors (Lipinski definition) is 4. The second-order valence-electron chi connectivity index (χ2n) is 6.30. The van der Waals surface area contributed by atoms with Gasteiger partial charge in [0.1, 0.15) is 5.75 Å². The van der Waals surface area contributed by atoms with Gasteiger partial charge in [-0.05, 0) is 51.8 Å². The lowest BCUT2D eigenvalue weighted by molar-refractivity contribution is -0.0115. The molecule has 0 radical (unpaired) electrons. The summed E-state index contributed by atoms with van der Waals surface area (Å²) in [4.78, 5) is 2.34. The van der Waals surface area contributed by atoms with Crippen LogP contribution in [-0.2, 0) is 4.74 Å². The van der Waals surface area contributed by atoms with E-state index in [-0.39, 0.29) is 11.7 Å². The van der Waals surface area contributed by atoms with Gasteiger partial charge in [0.25, 0.3) is 0 Å². The Morgan fingerprint density at radius 3 is 2.76 bits per heavy atom. The van der Waals surface area contributed by atoms with Crippen LogP contribution in [0.1, 0.15) is 33.1 Å². The Hall–Kier alpha value is -1.26. The van der Waals surface area contributed by atoms with Crippen molar-refractivity contribution < 1.29 is 9.47 Å². The molecule has 1 aliphatic heterocycles. The lowest BCUT2D eigenvalue weighted by Gasteiger charge is -2.30. The molecule has 0 amide bonds. The number of nitrogens with zero attached hydrogens (tertiary/aromatic N) is 1. The van der Waals surface area contributed by atoms with E-state index in [1.807, 2.05) is 18.2 Å². The third-order valence-corrected chi connectivity index (χ3v) is 4.04. The van der Waals surface area contributed by atoms with E-state index in [1.54, 1.807) is 7.11 Å². The van der Waals surface area contributed by atoms with Crippen LogP contribution in [0, 0.1) is 0 Å². The fourth-order valence-electron chi connectivity index (χ4n) is 2.94. The number of anilines is 1. The molecule has 1 aromatic carbocycles. The van der Waals surface area contributed by atoms with E-state index in [0.29, 0.717) is 6.54 Å². The van der Waals surface area contributed by atoms with Crippen LogP contribution in [0.4, 0.5) is 5.69 Å². The summed E-state index contributed by atoms with van der Waals surface area (Å²) in [6, 6.07) is 8.16. The van der Waals surface area contributed by atoms with Gasteiger partial charge in [-0.25, -0.2) is 0 Å². The number of benzene rings is 1. The first-order valence-corrected chi connectivity index (χ1v) is 7.81. The topological polar surface area (TPSA) is 47.7 Å².